The van der Waals surface area contributed by atoms with Crippen molar-refractivity contribution in [3.05, 3.63) is 0 Å². The van der Waals surface area contributed by atoms with Gasteiger partial charge in [-0.15, -0.1) is 0 Å². The van der Waals surface area contributed by atoms with Crippen LogP contribution in [0.3, 0.4) is 0 Å². The van der Waals surface area contributed by atoms with Gasteiger partial charge in [-0.05, 0) is 39.5 Å². The number of ether oxygens (including phenoxy) is 1. The quantitative estimate of drug-likeness (QED) is 0.797. The summed E-state index contributed by atoms with van der Waals surface area (Å²) < 4.78 is 5.14. The molecule has 1 fully saturated rings. The molecule has 2 unspecified atom stereocenters. The third-order valence-electron chi connectivity index (χ3n) is 3.15. The molecule has 0 radical (unpaired) electrons. The second-order valence-electron chi connectivity index (χ2n) is 6.22. The Balaban J connectivity index is 2.74. The Morgan fingerprint density at radius 3 is 2.44 bits per heavy atom. The SMILES string of the molecule is CC1CCCC(NC(=O)OC(C)(C)C)(C(=O)O)C1. The molecule has 1 aliphatic rings. The maximum atomic E-state index is 11.7. The predicted octanol–water partition coefficient (Wildman–Crippen LogP) is 2.54. The van der Waals surface area contributed by atoms with E-state index in [1.54, 1.807) is 20.8 Å². The van der Waals surface area contributed by atoms with Crippen LogP contribution in [0, 0.1) is 5.92 Å². The van der Waals surface area contributed by atoms with Crippen molar-refractivity contribution < 1.29 is 19.4 Å². The highest BCUT2D eigenvalue weighted by Gasteiger charge is 2.44. The van der Waals surface area contributed by atoms with E-state index in [1.165, 1.54) is 0 Å². The Hall–Kier alpha value is -1.26. The molecule has 0 spiro atoms. The second kappa shape index (κ2) is 5.16. The smallest absolute Gasteiger partial charge is 0.408 e. The van der Waals surface area contributed by atoms with E-state index in [4.69, 9.17) is 4.74 Å². The number of nitrogens with one attached hydrogen (secondary N) is 1. The van der Waals surface area contributed by atoms with Crippen molar-refractivity contribution in [2.24, 2.45) is 5.92 Å². The van der Waals surface area contributed by atoms with Gasteiger partial charge in [0, 0.05) is 0 Å². The minimum absolute atomic E-state index is 0.296. The molecule has 104 valence electrons. The lowest BCUT2D eigenvalue weighted by molar-refractivity contribution is -0.147. The lowest BCUT2D eigenvalue weighted by atomic mass is 9.76. The number of carbonyl (C=O) groups excluding carboxylic acids is 1. The van der Waals surface area contributed by atoms with Crippen LogP contribution >= 0.6 is 0 Å². The normalized spacial score (nSPS) is 28.6. The van der Waals surface area contributed by atoms with Gasteiger partial charge in [0.05, 0.1) is 0 Å². The van der Waals surface area contributed by atoms with Crippen molar-refractivity contribution in [1.29, 1.82) is 0 Å². The first-order valence-corrected chi connectivity index (χ1v) is 6.39. The molecule has 5 nitrogen and oxygen atoms in total. The third kappa shape index (κ3) is 3.89. The van der Waals surface area contributed by atoms with Crippen LogP contribution in [0.25, 0.3) is 0 Å². The van der Waals surface area contributed by atoms with Crippen LogP contribution in [0.5, 0.6) is 0 Å². The summed E-state index contributed by atoms with van der Waals surface area (Å²) in [6.45, 7) is 7.27. The number of carboxylic acids is 1. The van der Waals surface area contributed by atoms with Crippen LogP contribution in [0.4, 0.5) is 4.79 Å². The van der Waals surface area contributed by atoms with Crippen LogP contribution in [0.15, 0.2) is 0 Å². The molecular weight excluding hydrogens is 234 g/mol. The fourth-order valence-corrected chi connectivity index (χ4v) is 2.41. The van der Waals surface area contributed by atoms with Gasteiger partial charge in [0.2, 0.25) is 0 Å². The van der Waals surface area contributed by atoms with Crippen molar-refractivity contribution in [3.63, 3.8) is 0 Å². The zero-order valence-corrected chi connectivity index (χ0v) is 11.6. The van der Waals surface area contributed by atoms with Crippen molar-refractivity contribution in [3.8, 4) is 0 Å². The maximum absolute atomic E-state index is 11.7. The zero-order valence-electron chi connectivity index (χ0n) is 11.6. The van der Waals surface area contributed by atoms with Crippen LogP contribution < -0.4 is 5.32 Å². The maximum Gasteiger partial charge on any atom is 0.408 e. The average Bonchev–Trinajstić information content (AvgIpc) is 2.13. The Labute approximate surface area is 108 Å². The van der Waals surface area contributed by atoms with Crippen LogP contribution in [-0.2, 0) is 9.53 Å². The van der Waals surface area contributed by atoms with Gasteiger partial charge in [0.1, 0.15) is 11.1 Å². The predicted molar refractivity (Wildman–Crippen MR) is 67.4 cm³/mol. The van der Waals surface area contributed by atoms with E-state index in [2.05, 4.69) is 5.32 Å². The van der Waals surface area contributed by atoms with Gasteiger partial charge in [-0.2, -0.15) is 0 Å². The fraction of sp³-hybridized carbons (Fsp3) is 0.846. The second-order valence-corrected chi connectivity index (χ2v) is 6.22. The zero-order chi connectivity index (χ0) is 14.0. The van der Waals surface area contributed by atoms with E-state index < -0.39 is 23.2 Å². The van der Waals surface area contributed by atoms with Gasteiger partial charge in [-0.3, -0.25) is 0 Å². The minimum Gasteiger partial charge on any atom is -0.480 e. The first-order valence-electron chi connectivity index (χ1n) is 6.39. The van der Waals surface area contributed by atoms with Crippen LogP contribution in [0.2, 0.25) is 0 Å². The standard InChI is InChI=1S/C13H23NO4/c1-9-6-5-7-13(8-9,10(15)16)14-11(17)18-12(2,3)4/h9H,5-8H2,1-4H3,(H,14,17)(H,15,16). The van der Waals surface area contributed by atoms with E-state index in [-0.39, 0.29) is 0 Å². The number of amides is 1. The number of aliphatic carboxylic acids is 1. The molecule has 0 aromatic rings. The monoisotopic (exact) mass is 257 g/mol. The van der Waals surface area contributed by atoms with Gasteiger partial charge in [-0.25, -0.2) is 9.59 Å². The molecule has 1 aliphatic carbocycles. The van der Waals surface area contributed by atoms with Crippen molar-refractivity contribution in [1.82, 2.24) is 5.32 Å². The first-order chi connectivity index (χ1) is 8.15. The molecule has 18 heavy (non-hydrogen) atoms. The van der Waals surface area contributed by atoms with E-state index in [9.17, 15) is 14.7 Å². The van der Waals surface area contributed by atoms with Crippen LogP contribution in [-0.4, -0.2) is 28.3 Å². The van der Waals surface area contributed by atoms with Gasteiger partial charge in [0.15, 0.2) is 0 Å². The number of carbonyl (C=O) groups is 2. The molecule has 0 aromatic carbocycles. The van der Waals surface area contributed by atoms with Gasteiger partial charge >= 0.3 is 12.1 Å². The average molecular weight is 257 g/mol. The topological polar surface area (TPSA) is 75.6 Å². The largest absolute Gasteiger partial charge is 0.480 e. The highest BCUT2D eigenvalue weighted by molar-refractivity contribution is 5.84. The van der Waals surface area contributed by atoms with Gasteiger partial charge in [0.25, 0.3) is 0 Å². The summed E-state index contributed by atoms with van der Waals surface area (Å²) in [7, 11) is 0. The number of hydrogen-bond acceptors (Lipinski definition) is 3. The molecule has 0 saturated heterocycles. The Morgan fingerprint density at radius 1 is 1.39 bits per heavy atom. The molecular formula is C13H23NO4. The number of hydrogen-bond donors (Lipinski definition) is 2. The Bertz CT molecular complexity index is 334. The number of alkyl carbamates (subject to hydrolysis) is 1. The summed E-state index contributed by atoms with van der Waals surface area (Å²) in [5, 5.41) is 11.9. The van der Waals surface area contributed by atoms with Gasteiger partial charge in [-0.1, -0.05) is 19.8 Å². The van der Waals surface area contributed by atoms with Crippen LogP contribution in [0.1, 0.15) is 53.4 Å². The molecule has 2 N–H and O–H groups in total. The number of carboxylic acid groups (broad SMARTS) is 1. The summed E-state index contributed by atoms with van der Waals surface area (Å²) in [6.07, 6.45) is 2.08. The molecule has 1 rings (SSSR count). The van der Waals surface area contributed by atoms with E-state index in [1.807, 2.05) is 6.92 Å². The number of rotatable bonds is 2. The van der Waals surface area contributed by atoms with Crippen molar-refractivity contribution >= 4 is 12.1 Å². The molecule has 2 atom stereocenters. The van der Waals surface area contributed by atoms with E-state index >= 15 is 0 Å². The van der Waals surface area contributed by atoms with E-state index in [0.717, 1.165) is 12.8 Å². The highest BCUT2D eigenvalue weighted by Crippen LogP contribution is 2.32. The lowest BCUT2D eigenvalue weighted by Crippen LogP contribution is -2.57. The fourth-order valence-electron chi connectivity index (χ4n) is 2.41. The molecule has 0 heterocycles. The summed E-state index contributed by atoms with van der Waals surface area (Å²) in [6, 6.07) is 0. The summed E-state index contributed by atoms with van der Waals surface area (Å²) in [5.74, 6) is -0.676. The van der Waals surface area contributed by atoms with E-state index in [0.29, 0.717) is 18.8 Å². The summed E-state index contributed by atoms with van der Waals surface area (Å²) >= 11 is 0. The third-order valence-corrected chi connectivity index (χ3v) is 3.15. The Morgan fingerprint density at radius 2 is 2.00 bits per heavy atom. The molecule has 1 amide bonds. The lowest BCUT2D eigenvalue weighted by Gasteiger charge is -2.37. The minimum atomic E-state index is -1.17. The summed E-state index contributed by atoms with van der Waals surface area (Å²) in [4.78, 5) is 23.2. The molecule has 1 saturated carbocycles. The van der Waals surface area contributed by atoms with Gasteiger partial charge < -0.3 is 15.2 Å². The first kappa shape index (κ1) is 14.8. The Kier molecular flexibility index (Phi) is 4.24. The molecule has 0 aromatic heterocycles. The highest BCUT2D eigenvalue weighted by atomic mass is 16.6. The molecule has 0 bridgehead atoms. The summed E-state index contributed by atoms with van der Waals surface area (Å²) in [5.41, 5.74) is -1.79. The van der Waals surface area contributed by atoms with Crippen molar-refractivity contribution in [2.45, 2.75) is 64.5 Å². The molecule has 5 heteroatoms. The van der Waals surface area contributed by atoms with Crippen molar-refractivity contribution in [2.75, 3.05) is 0 Å². The molecule has 0 aliphatic heterocycles.